The Morgan fingerprint density at radius 3 is 2.58 bits per heavy atom. The predicted octanol–water partition coefficient (Wildman–Crippen LogP) is 2.76. The first-order valence-corrected chi connectivity index (χ1v) is 13.9. The van der Waals surface area contributed by atoms with E-state index in [4.69, 9.17) is 9.88 Å². The van der Waals surface area contributed by atoms with Gasteiger partial charge in [0, 0.05) is 50.4 Å². The summed E-state index contributed by atoms with van der Waals surface area (Å²) in [5, 5.41) is 16.7. The minimum atomic E-state index is -4.07. The fraction of sp³-hybridized carbons (Fsp3) is 0.500. The number of halogens is 1. The maximum absolute atomic E-state index is 14.1. The quantitative estimate of drug-likeness (QED) is 0.417. The SMILES string of the molecule is NS(=O)(=O)c1cc([N+](=O)[O-])c(N2CCN(C(=O)OCC3CCCCN3Cc3ccccc3F)CC2)s1. The van der Waals surface area contributed by atoms with Gasteiger partial charge in [0.15, 0.2) is 5.00 Å². The van der Waals surface area contributed by atoms with Crippen molar-refractivity contribution in [3.63, 3.8) is 0 Å². The number of piperidine rings is 1. The second-order valence-corrected chi connectivity index (χ2v) is 11.6. The van der Waals surface area contributed by atoms with E-state index < -0.39 is 21.0 Å². The summed E-state index contributed by atoms with van der Waals surface area (Å²) in [6.07, 6.45) is 2.39. The molecule has 1 unspecified atom stereocenters. The number of carbonyl (C=O) groups is 1. The predicted molar refractivity (Wildman–Crippen MR) is 132 cm³/mol. The van der Waals surface area contributed by atoms with Crippen LogP contribution >= 0.6 is 11.3 Å². The Bertz CT molecular complexity index is 1220. The first kappa shape index (κ1) is 26.3. The van der Waals surface area contributed by atoms with E-state index in [1.54, 1.807) is 23.1 Å². The molecule has 0 bridgehead atoms. The number of nitrogens with zero attached hydrogens (tertiary/aromatic N) is 4. The van der Waals surface area contributed by atoms with Gasteiger partial charge in [-0.25, -0.2) is 22.7 Å². The molecule has 4 rings (SSSR count). The van der Waals surface area contributed by atoms with Crippen LogP contribution in [0.2, 0.25) is 0 Å². The highest BCUT2D eigenvalue weighted by Crippen LogP contribution is 2.39. The normalized spacial score (nSPS) is 19.3. The van der Waals surface area contributed by atoms with Crippen LogP contribution in [-0.2, 0) is 21.3 Å². The molecule has 2 aliphatic rings. The third-order valence-corrected chi connectivity index (χ3v) is 9.06. The number of nitrogens with two attached hydrogens (primary N) is 1. The smallest absolute Gasteiger partial charge is 0.409 e. The number of anilines is 1. The summed E-state index contributed by atoms with van der Waals surface area (Å²) >= 11 is 0.746. The number of likely N-dealkylation sites (tertiary alicyclic amines) is 1. The number of hydrogen-bond donors (Lipinski definition) is 1. The largest absolute Gasteiger partial charge is 0.448 e. The molecule has 2 aromatic rings. The second kappa shape index (κ2) is 11.1. The van der Waals surface area contributed by atoms with Gasteiger partial charge in [0.25, 0.3) is 0 Å². The number of primary sulfonamides is 1. The first-order chi connectivity index (χ1) is 17.1. The Morgan fingerprint density at radius 2 is 1.92 bits per heavy atom. The molecule has 0 aliphatic carbocycles. The van der Waals surface area contributed by atoms with E-state index in [9.17, 15) is 27.7 Å². The van der Waals surface area contributed by atoms with Gasteiger partial charge in [-0.05, 0) is 25.5 Å². The molecule has 2 fully saturated rings. The Labute approximate surface area is 212 Å². The Hall–Kier alpha value is -2.81. The van der Waals surface area contributed by atoms with E-state index in [2.05, 4.69) is 4.90 Å². The van der Waals surface area contributed by atoms with E-state index in [0.29, 0.717) is 12.1 Å². The third kappa shape index (κ3) is 6.11. The zero-order valence-corrected chi connectivity index (χ0v) is 21.2. The molecule has 36 heavy (non-hydrogen) atoms. The van der Waals surface area contributed by atoms with Gasteiger partial charge in [0.05, 0.1) is 4.92 Å². The van der Waals surface area contributed by atoms with Gasteiger partial charge in [0.2, 0.25) is 10.0 Å². The molecule has 2 saturated heterocycles. The number of amides is 1. The highest BCUT2D eigenvalue weighted by molar-refractivity contribution is 7.91. The second-order valence-electron chi connectivity index (χ2n) is 8.82. The van der Waals surface area contributed by atoms with E-state index in [1.807, 2.05) is 0 Å². The van der Waals surface area contributed by atoms with Crippen molar-refractivity contribution in [2.75, 3.05) is 44.2 Å². The third-order valence-electron chi connectivity index (χ3n) is 6.45. The fourth-order valence-corrected chi connectivity index (χ4v) is 6.39. The van der Waals surface area contributed by atoms with E-state index >= 15 is 0 Å². The van der Waals surface area contributed by atoms with Crippen molar-refractivity contribution in [2.45, 2.75) is 36.1 Å². The number of ether oxygens (including phenoxy) is 1. The number of hydrogen-bond acceptors (Lipinski definition) is 9. The van der Waals surface area contributed by atoms with Crippen molar-refractivity contribution in [3.05, 3.63) is 51.8 Å². The van der Waals surface area contributed by atoms with Gasteiger partial charge >= 0.3 is 11.8 Å². The van der Waals surface area contributed by atoms with Gasteiger partial charge in [0.1, 0.15) is 16.6 Å². The maximum atomic E-state index is 14.1. The number of thiophene rings is 1. The number of nitro groups is 1. The molecule has 11 nitrogen and oxygen atoms in total. The van der Waals surface area contributed by atoms with E-state index in [0.717, 1.165) is 43.2 Å². The zero-order chi connectivity index (χ0) is 25.9. The highest BCUT2D eigenvalue weighted by atomic mass is 32.2. The summed E-state index contributed by atoms with van der Waals surface area (Å²) in [5.74, 6) is -0.251. The van der Waals surface area contributed by atoms with Gasteiger partial charge in [-0.15, -0.1) is 0 Å². The van der Waals surface area contributed by atoms with Gasteiger partial charge in [-0.3, -0.25) is 15.0 Å². The lowest BCUT2D eigenvalue weighted by Gasteiger charge is -2.37. The van der Waals surface area contributed by atoms with Crippen LogP contribution < -0.4 is 10.0 Å². The minimum absolute atomic E-state index is 0.00556. The molecule has 1 amide bonds. The van der Waals surface area contributed by atoms with Gasteiger partial charge in [-0.2, -0.15) is 0 Å². The molecule has 0 saturated carbocycles. The van der Waals surface area contributed by atoms with Crippen LogP contribution in [0.4, 0.5) is 19.9 Å². The summed E-state index contributed by atoms with van der Waals surface area (Å²) in [6, 6.07) is 7.62. The maximum Gasteiger partial charge on any atom is 0.409 e. The molecular formula is C22H28FN5O6S2. The summed E-state index contributed by atoms with van der Waals surface area (Å²) in [7, 11) is -4.07. The number of piperazine rings is 1. The fourth-order valence-electron chi connectivity index (χ4n) is 4.50. The summed E-state index contributed by atoms with van der Waals surface area (Å²) in [6.45, 7) is 2.54. The number of carbonyl (C=O) groups excluding carboxylic acids is 1. The lowest BCUT2D eigenvalue weighted by Crippen LogP contribution is -2.50. The van der Waals surface area contributed by atoms with Gasteiger partial charge < -0.3 is 14.5 Å². The van der Waals surface area contributed by atoms with Crippen LogP contribution in [0.25, 0.3) is 0 Å². The number of sulfonamides is 1. The summed E-state index contributed by atoms with van der Waals surface area (Å²) in [4.78, 5) is 28.8. The average Bonchev–Trinajstić information content (AvgIpc) is 3.32. The van der Waals surface area contributed by atoms with E-state index in [-0.39, 0.29) is 59.5 Å². The lowest BCUT2D eigenvalue weighted by atomic mass is 10.0. The lowest BCUT2D eigenvalue weighted by molar-refractivity contribution is -0.383. The number of rotatable bonds is 7. The summed E-state index contributed by atoms with van der Waals surface area (Å²) < 4.78 is 42.7. The van der Waals surface area contributed by atoms with Crippen LogP contribution in [0.5, 0.6) is 0 Å². The molecule has 14 heteroatoms. The Balaban J connectivity index is 1.32. The molecule has 0 spiro atoms. The Kier molecular flexibility index (Phi) is 8.07. The monoisotopic (exact) mass is 541 g/mol. The van der Waals surface area contributed by atoms with Crippen LogP contribution in [0.3, 0.4) is 0 Å². The minimum Gasteiger partial charge on any atom is -0.448 e. The van der Waals surface area contributed by atoms with Crippen molar-refractivity contribution in [1.29, 1.82) is 0 Å². The summed E-state index contributed by atoms with van der Waals surface area (Å²) in [5.41, 5.74) is 0.285. The number of benzene rings is 1. The molecular weight excluding hydrogens is 513 g/mol. The van der Waals surface area contributed by atoms with Crippen molar-refractivity contribution in [3.8, 4) is 0 Å². The van der Waals surface area contributed by atoms with Crippen molar-refractivity contribution < 1.29 is 27.3 Å². The van der Waals surface area contributed by atoms with Crippen LogP contribution in [0.1, 0.15) is 24.8 Å². The van der Waals surface area contributed by atoms with Crippen LogP contribution in [0.15, 0.2) is 34.5 Å². The molecule has 1 aromatic heterocycles. The Morgan fingerprint density at radius 1 is 1.19 bits per heavy atom. The van der Waals surface area contributed by atoms with Crippen LogP contribution in [-0.4, -0.2) is 74.6 Å². The molecule has 196 valence electrons. The molecule has 2 N–H and O–H groups in total. The highest BCUT2D eigenvalue weighted by Gasteiger charge is 2.32. The van der Waals surface area contributed by atoms with Gasteiger partial charge in [-0.1, -0.05) is 36.0 Å². The van der Waals surface area contributed by atoms with Crippen molar-refractivity contribution in [1.82, 2.24) is 9.80 Å². The first-order valence-electron chi connectivity index (χ1n) is 11.6. The standard InChI is InChI=1S/C22H28FN5O6S2/c23-18-7-2-1-5-16(18)14-27-8-4-3-6-17(27)15-34-22(29)26-11-9-25(10-12-26)21-19(28(30)31)13-20(35-21)36(24,32)33/h1-2,5,7,13,17H,3-4,6,8-12,14-15H2,(H2,24,32,33). The van der Waals surface area contributed by atoms with Crippen molar-refractivity contribution >= 4 is 38.1 Å². The van der Waals surface area contributed by atoms with Crippen molar-refractivity contribution in [2.24, 2.45) is 5.14 Å². The molecule has 1 atom stereocenters. The molecule has 1 aromatic carbocycles. The zero-order valence-electron chi connectivity index (χ0n) is 19.5. The topological polar surface area (TPSA) is 139 Å². The van der Waals surface area contributed by atoms with E-state index in [1.165, 1.54) is 11.0 Å². The average molecular weight is 542 g/mol. The molecule has 3 heterocycles. The molecule has 0 radical (unpaired) electrons. The molecule has 2 aliphatic heterocycles. The van der Waals surface area contributed by atoms with Crippen LogP contribution in [0, 0.1) is 15.9 Å².